The van der Waals surface area contributed by atoms with Crippen molar-refractivity contribution < 1.29 is 9.18 Å². The number of benzene rings is 1. The van der Waals surface area contributed by atoms with Crippen LogP contribution in [0.4, 0.5) is 4.39 Å². The van der Waals surface area contributed by atoms with Crippen LogP contribution in [0.15, 0.2) is 42.7 Å². The molecule has 1 aliphatic heterocycles. The Balaban J connectivity index is 1.44. The van der Waals surface area contributed by atoms with Crippen LogP contribution in [-0.4, -0.2) is 43.5 Å². The van der Waals surface area contributed by atoms with Gasteiger partial charge in [0.25, 0.3) is 5.91 Å². The average Bonchev–Trinajstić information content (AvgIpc) is 3.45. The number of carbonyl (C=O) groups excluding carboxylic acids is 1. The first-order valence-corrected chi connectivity index (χ1v) is 9.36. The van der Waals surface area contributed by atoms with Crippen molar-refractivity contribution in [3.63, 3.8) is 0 Å². The number of amides is 1. The molecule has 3 aromatic rings. The van der Waals surface area contributed by atoms with E-state index in [1.807, 2.05) is 26.5 Å². The van der Waals surface area contributed by atoms with Crippen molar-refractivity contribution in [2.75, 3.05) is 13.1 Å². The van der Waals surface area contributed by atoms with Crippen molar-refractivity contribution in [3.8, 4) is 5.69 Å². The molecule has 0 spiro atoms. The van der Waals surface area contributed by atoms with E-state index in [4.69, 9.17) is 0 Å². The Morgan fingerprint density at radius 3 is 2.81 bits per heavy atom. The fraction of sp³-hybridized carbons (Fsp3) is 0.350. The third-order valence-corrected chi connectivity index (χ3v) is 5.55. The minimum Gasteiger partial charge on any atom is -0.335 e. The van der Waals surface area contributed by atoms with Crippen LogP contribution in [0.2, 0.25) is 0 Å². The third-order valence-electron chi connectivity index (χ3n) is 5.55. The first-order chi connectivity index (χ1) is 13.2. The molecule has 1 saturated heterocycles. The average molecular weight is 365 g/mol. The van der Waals surface area contributed by atoms with E-state index in [-0.39, 0.29) is 17.8 Å². The topological polar surface area (TPSA) is 56.0 Å². The summed E-state index contributed by atoms with van der Waals surface area (Å²) in [6.45, 7) is 1.36. The van der Waals surface area contributed by atoms with Gasteiger partial charge in [0.15, 0.2) is 5.69 Å². The van der Waals surface area contributed by atoms with E-state index in [2.05, 4.69) is 10.2 Å². The number of carbonyl (C=O) groups is 1. The molecule has 1 unspecified atom stereocenters. The van der Waals surface area contributed by atoms with Gasteiger partial charge in [0.2, 0.25) is 0 Å². The smallest absolute Gasteiger partial charge is 0.274 e. The van der Waals surface area contributed by atoms with Gasteiger partial charge in [-0.15, -0.1) is 0 Å². The van der Waals surface area contributed by atoms with E-state index in [1.165, 1.54) is 12.1 Å². The molecule has 7 heteroatoms. The molecule has 0 saturated carbocycles. The second-order valence-electron chi connectivity index (χ2n) is 7.20. The molecule has 1 aromatic carbocycles. The van der Waals surface area contributed by atoms with Gasteiger partial charge in [0, 0.05) is 36.7 Å². The zero-order valence-corrected chi connectivity index (χ0v) is 14.9. The molecule has 1 fully saturated rings. The predicted molar refractivity (Wildman–Crippen MR) is 97.3 cm³/mol. The first-order valence-electron chi connectivity index (χ1n) is 9.36. The molecule has 1 aliphatic carbocycles. The molecule has 27 heavy (non-hydrogen) atoms. The summed E-state index contributed by atoms with van der Waals surface area (Å²) in [6, 6.07) is 8.39. The van der Waals surface area contributed by atoms with Gasteiger partial charge in [-0.1, -0.05) is 0 Å². The van der Waals surface area contributed by atoms with E-state index < -0.39 is 0 Å². The first kappa shape index (κ1) is 16.2. The quantitative estimate of drug-likeness (QED) is 0.717. The SMILES string of the molecule is O=C(c1nn(-c2ccc(F)cc2)c2c1CCC2)N1CCC(n2cccn2)C1. The normalized spacial score (nSPS) is 18.9. The van der Waals surface area contributed by atoms with Crippen molar-refractivity contribution in [2.45, 2.75) is 31.7 Å². The summed E-state index contributed by atoms with van der Waals surface area (Å²) in [5.74, 6) is -0.288. The summed E-state index contributed by atoms with van der Waals surface area (Å²) in [6.07, 6.45) is 7.39. The summed E-state index contributed by atoms with van der Waals surface area (Å²) >= 11 is 0. The number of nitrogens with zero attached hydrogens (tertiary/aromatic N) is 5. The Morgan fingerprint density at radius 2 is 2.04 bits per heavy atom. The number of aromatic nitrogens is 4. The number of likely N-dealkylation sites (tertiary alicyclic amines) is 1. The van der Waals surface area contributed by atoms with Crippen molar-refractivity contribution in [1.29, 1.82) is 0 Å². The summed E-state index contributed by atoms with van der Waals surface area (Å²) in [4.78, 5) is 15.1. The molecular formula is C20H20FN5O. The van der Waals surface area contributed by atoms with Gasteiger partial charge in [-0.25, -0.2) is 9.07 Å². The lowest BCUT2D eigenvalue weighted by Crippen LogP contribution is -2.30. The Labute approximate surface area is 156 Å². The van der Waals surface area contributed by atoms with Gasteiger partial charge >= 0.3 is 0 Å². The lowest BCUT2D eigenvalue weighted by atomic mass is 10.2. The Bertz CT molecular complexity index is 977. The standard InChI is InChI=1S/C20H20FN5O/c21-14-5-7-15(8-6-14)26-18-4-1-3-17(18)19(23-26)20(27)24-12-9-16(13-24)25-11-2-10-22-25/h2,5-8,10-11,16H,1,3-4,9,12-13H2. The van der Waals surface area contributed by atoms with Crippen LogP contribution in [0.3, 0.4) is 0 Å². The summed E-state index contributed by atoms with van der Waals surface area (Å²) in [7, 11) is 0. The van der Waals surface area contributed by atoms with Gasteiger partial charge in [0.05, 0.1) is 11.7 Å². The lowest BCUT2D eigenvalue weighted by Gasteiger charge is -2.16. The van der Waals surface area contributed by atoms with Crippen LogP contribution >= 0.6 is 0 Å². The fourth-order valence-corrected chi connectivity index (χ4v) is 4.19. The molecule has 1 amide bonds. The van der Waals surface area contributed by atoms with Crippen LogP contribution in [0.1, 0.15) is 40.6 Å². The molecule has 1 atom stereocenters. The number of rotatable bonds is 3. The zero-order valence-electron chi connectivity index (χ0n) is 14.9. The maximum atomic E-state index is 13.3. The van der Waals surface area contributed by atoms with Gasteiger partial charge in [-0.2, -0.15) is 10.2 Å². The van der Waals surface area contributed by atoms with Crippen LogP contribution in [-0.2, 0) is 12.8 Å². The van der Waals surface area contributed by atoms with E-state index in [9.17, 15) is 9.18 Å². The van der Waals surface area contributed by atoms with Crippen molar-refractivity contribution >= 4 is 5.91 Å². The van der Waals surface area contributed by atoms with Gasteiger partial charge < -0.3 is 4.90 Å². The van der Waals surface area contributed by atoms with Crippen molar-refractivity contribution in [1.82, 2.24) is 24.5 Å². The highest BCUT2D eigenvalue weighted by Crippen LogP contribution is 2.30. The monoisotopic (exact) mass is 365 g/mol. The second kappa shape index (κ2) is 6.33. The number of fused-ring (bicyclic) bond motifs is 1. The molecule has 5 rings (SSSR count). The highest BCUT2D eigenvalue weighted by molar-refractivity contribution is 5.94. The molecular weight excluding hydrogens is 345 g/mol. The zero-order chi connectivity index (χ0) is 18.4. The fourth-order valence-electron chi connectivity index (χ4n) is 4.19. The van der Waals surface area contributed by atoms with E-state index >= 15 is 0 Å². The number of hydrogen-bond acceptors (Lipinski definition) is 3. The maximum absolute atomic E-state index is 13.3. The van der Waals surface area contributed by atoms with Crippen molar-refractivity contribution in [2.24, 2.45) is 0 Å². The van der Waals surface area contributed by atoms with Crippen LogP contribution < -0.4 is 0 Å². The highest BCUT2D eigenvalue weighted by Gasteiger charge is 2.33. The van der Waals surface area contributed by atoms with Crippen LogP contribution in [0, 0.1) is 5.82 Å². The van der Waals surface area contributed by atoms with E-state index in [0.717, 1.165) is 42.6 Å². The molecule has 0 N–H and O–H groups in total. The maximum Gasteiger partial charge on any atom is 0.274 e. The van der Waals surface area contributed by atoms with Crippen molar-refractivity contribution in [3.05, 3.63) is 65.5 Å². The predicted octanol–water partition coefficient (Wildman–Crippen LogP) is 2.78. The summed E-state index contributed by atoms with van der Waals surface area (Å²) < 4.78 is 17.0. The molecule has 138 valence electrons. The third kappa shape index (κ3) is 2.74. The van der Waals surface area contributed by atoms with E-state index in [0.29, 0.717) is 18.8 Å². The summed E-state index contributed by atoms with van der Waals surface area (Å²) in [5, 5.41) is 8.95. The summed E-state index contributed by atoms with van der Waals surface area (Å²) in [5.41, 5.74) is 3.47. The number of hydrogen-bond donors (Lipinski definition) is 0. The molecule has 2 aromatic heterocycles. The Kier molecular flexibility index (Phi) is 3.81. The largest absolute Gasteiger partial charge is 0.335 e. The molecule has 6 nitrogen and oxygen atoms in total. The molecule has 0 radical (unpaired) electrons. The molecule has 0 bridgehead atoms. The Hall–Kier alpha value is -2.96. The minimum absolute atomic E-state index is 0.0105. The number of halogens is 1. The van der Waals surface area contributed by atoms with Gasteiger partial charge in [0.1, 0.15) is 5.82 Å². The van der Waals surface area contributed by atoms with Crippen LogP contribution in [0.5, 0.6) is 0 Å². The molecule has 3 heterocycles. The van der Waals surface area contributed by atoms with Gasteiger partial charge in [-0.3, -0.25) is 9.48 Å². The van der Waals surface area contributed by atoms with Crippen LogP contribution in [0.25, 0.3) is 5.69 Å². The highest BCUT2D eigenvalue weighted by atomic mass is 19.1. The second-order valence-corrected chi connectivity index (χ2v) is 7.20. The Morgan fingerprint density at radius 1 is 1.19 bits per heavy atom. The molecule has 2 aliphatic rings. The van der Waals surface area contributed by atoms with E-state index in [1.54, 1.807) is 18.3 Å². The van der Waals surface area contributed by atoms with Gasteiger partial charge in [-0.05, 0) is 56.0 Å². The minimum atomic E-state index is -0.277. The lowest BCUT2D eigenvalue weighted by molar-refractivity contribution is 0.0779.